The molecule has 0 saturated carbocycles. The standard InChI is InChI=1S/C22H25N3O2/c1-2-23-12-14-24(15-13-23)21(26)18-7-5-8-19(16-18)22(27)25-11-10-17-6-3-4-9-20(17)25/h3-9,16H,2,10-15H2,1H3. The summed E-state index contributed by atoms with van der Waals surface area (Å²) in [7, 11) is 0. The van der Waals surface area contributed by atoms with Gasteiger partial charge < -0.3 is 14.7 Å². The van der Waals surface area contributed by atoms with Crippen LogP contribution in [0, 0.1) is 0 Å². The van der Waals surface area contributed by atoms with Crippen molar-refractivity contribution in [2.24, 2.45) is 0 Å². The molecule has 2 amide bonds. The molecular weight excluding hydrogens is 338 g/mol. The number of rotatable bonds is 3. The van der Waals surface area contributed by atoms with E-state index >= 15 is 0 Å². The van der Waals surface area contributed by atoms with Gasteiger partial charge >= 0.3 is 0 Å². The van der Waals surface area contributed by atoms with Gasteiger partial charge in [-0.3, -0.25) is 9.59 Å². The van der Waals surface area contributed by atoms with E-state index in [1.165, 1.54) is 5.56 Å². The lowest BCUT2D eigenvalue weighted by Gasteiger charge is -2.34. The van der Waals surface area contributed by atoms with Crippen LogP contribution in [0.5, 0.6) is 0 Å². The number of para-hydroxylation sites is 1. The van der Waals surface area contributed by atoms with E-state index < -0.39 is 0 Å². The molecule has 0 unspecified atom stereocenters. The summed E-state index contributed by atoms with van der Waals surface area (Å²) in [5.74, 6) is -0.0207. The van der Waals surface area contributed by atoms with Crippen molar-refractivity contribution in [3.05, 3.63) is 65.2 Å². The van der Waals surface area contributed by atoms with Crippen LogP contribution >= 0.6 is 0 Å². The molecule has 5 heteroatoms. The number of anilines is 1. The predicted molar refractivity (Wildman–Crippen MR) is 106 cm³/mol. The number of likely N-dealkylation sites (N-methyl/N-ethyl adjacent to an activating group) is 1. The normalized spacial score (nSPS) is 17.1. The van der Waals surface area contributed by atoms with Gasteiger partial charge in [-0.15, -0.1) is 0 Å². The number of fused-ring (bicyclic) bond motifs is 1. The molecule has 4 rings (SSSR count). The second kappa shape index (κ2) is 7.53. The molecule has 2 heterocycles. The summed E-state index contributed by atoms with van der Waals surface area (Å²) in [5, 5.41) is 0. The molecule has 0 N–H and O–H groups in total. The second-order valence-corrected chi connectivity index (χ2v) is 7.14. The average Bonchev–Trinajstić information content (AvgIpc) is 3.17. The highest BCUT2D eigenvalue weighted by Crippen LogP contribution is 2.29. The molecule has 140 valence electrons. The molecule has 2 aliphatic rings. The largest absolute Gasteiger partial charge is 0.336 e. The third kappa shape index (κ3) is 3.47. The zero-order valence-corrected chi connectivity index (χ0v) is 15.7. The molecule has 2 aromatic carbocycles. The number of hydrogen-bond acceptors (Lipinski definition) is 3. The maximum Gasteiger partial charge on any atom is 0.258 e. The van der Waals surface area contributed by atoms with Crippen molar-refractivity contribution < 1.29 is 9.59 Å². The maximum absolute atomic E-state index is 13.0. The number of carbonyl (C=O) groups excluding carboxylic acids is 2. The number of piperazine rings is 1. The molecule has 0 bridgehead atoms. The summed E-state index contributed by atoms with van der Waals surface area (Å²) in [6.45, 7) is 7.15. The number of hydrogen-bond donors (Lipinski definition) is 0. The first kappa shape index (κ1) is 17.7. The van der Waals surface area contributed by atoms with Gasteiger partial charge in [0.25, 0.3) is 11.8 Å². The van der Waals surface area contributed by atoms with E-state index in [1.807, 2.05) is 40.1 Å². The molecule has 0 spiro atoms. The summed E-state index contributed by atoms with van der Waals surface area (Å²) >= 11 is 0. The summed E-state index contributed by atoms with van der Waals surface area (Å²) in [6.07, 6.45) is 0.877. The van der Waals surface area contributed by atoms with Crippen molar-refractivity contribution in [2.45, 2.75) is 13.3 Å². The molecule has 1 fully saturated rings. The van der Waals surface area contributed by atoms with Gasteiger partial charge in [-0.25, -0.2) is 0 Å². The Bertz CT molecular complexity index is 856. The van der Waals surface area contributed by atoms with Crippen LogP contribution in [0.15, 0.2) is 48.5 Å². The smallest absolute Gasteiger partial charge is 0.258 e. The average molecular weight is 363 g/mol. The third-order valence-corrected chi connectivity index (χ3v) is 5.60. The zero-order chi connectivity index (χ0) is 18.8. The van der Waals surface area contributed by atoms with Gasteiger partial charge in [0.2, 0.25) is 0 Å². The third-order valence-electron chi connectivity index (χ3n) is 5.60. The second-order valence-electron chi connectivity index (χ2n) is 7.14. The topological polar surface area (TPSA) is 43.9 Å². The summed E-state index contributed by atoms with van der Waals surface area (Å²) in [5.41, 5.74) is 3.35. The SMILES string of the molecule is CCN1CCN(C(=O)c2cccc(C(=O)N3CCc4ccccc43)c2)CC1. The van der Waals surface area contributed by atoms with Gasteiger partial charge in [-0.2, -0.15) is 0 Å². The molecule has 2 aliphatic heterocycles. The minimum absolute atomic E-state index is 0.0159. The van der Waals surface area contributed by atoms with Crippen LogP contribution in [-0.4, -0.2) is 60.9 Å². The molecule has 5 nitrogen and oxygen atoms in total. The fraction of sp³-hybridized carbons (Fsp3) is 0.364. The van der Waals surface area contributed by atoms with Crippen LogP contribution in [0.25, 0.3) is 0 Å². The Labute approximate surface area is 160 Å². The Morgan fingerprint density at radius 2 is 1.56 bits per heavy atom. The van der Waals surface area contributed by atoms with Crippen LogP contribution in [0.3, 0.4) is 0 Å². The maximum atomic E-state index is 13.0. The number of benzene rings is 2. The molecule has 0 aliphatic carbocycles. The quantitative estimate of drug-likeness (QED) is 0.842. The van der Waals surface area contributed by atoms with Crippen molar-refractivity contribution in [3.8, 4) is 0 Å². The molecule has 0 radical (unpaired) electrons. The number of nitrogens with zero attached hydrogens (tertiary/aromatic N) is 3. The first-order valence-corrected chi connectivity index (χ1v) is 9.69. The van der Waals surface area contributed by atoms with Gasteiger partial charge in [-0.1, -0.05) is 31.2 Å². The van der Waals surface area contributed by atoms with E-state index in [0.717, 1.165) is 44.8 Å². The van der Waals surface area contributed by atoms with E-state index in [4.69, 9.17) is 0 Å². The van der Waals surface area contributed by atoms with Crippen LogP contribution < -0.4 is 4.90 Å². The van der Waals surface area contributed by atoms with Crippen molar-refractivity contribution >= 4 is 17.5 Å². The molecule has 27 heavy (non-hydrogen) atoms. The van der Waals surface area contributed by atoms with Gasteiger partial charge in [0, 0.05) is 49.5 Å². The van der Waals surface area contributed by atoms with Gasteiger partial charge in [0.05, 0.1) is 0 Å². The van der Waals surface area contributed by atoms with Crippen LogP contribution in [0.1, 0.15) is 33.2 Å². The van der Waals surface area contributed by atoms with Crippen molar-refractivity contribution in [3.63, 3.8) is 0 Å². The van der Waals surface area contributed by atoms with E-state index in [0.29, 0.717) is 17.7 Å². The number of amides is 2. The number of carbonyl (C=O) groups is 2. The lowest BCUT2D eigenvalue weighted by atomic mass is 10.1. The highest BCUT2D eigenvalue weighted by atomic mass is 16.2. The summed E-state index contributed by atoms with van der Waals surface area (Å²) in [4.78, 5) is 32.0. The highest BCUT2D eigenvalue weighted by Gasteiger charge is 2.26. The fourth-order valence-corrected chi connectivity index (χ4v) is 3.94. The summed E-state index contributed by atoms with van der Waals surface area (Å²) < 4.78 is 0. The van der Waals surface area contributed by atoms with Gasteiger partial charge in [0.15, 0.2) is 0 Å². The van der Waals surface area contributed by atoms with Crippen molar-refractivity contribution in [2.75, 3.05) is 44.2 Å². The first-order valence-electron chi connectivity index (χ1n) is 9.69. The molecular formula is C22H25N3O2. The highest BCUT2D eigenvalue weighted by molar-refractivity contribution is 6.08. The van der Waals surface area contributed by atoms with E-state index in [-0.39, 0.29) is 11.8 Å². The van der Waals surface area contributed by atoms with E-state index in [2.05, 4.69) is 17.9 Å². The Hall–Kier alpha value is -2.66. The lowest BCUT2D eigenvalue weighted by Crippen LogP contribution is -2.48. The molecule has 2 aromatic rings. The Balaban J connectivity index is 1.51. The molecule has 1 saturated heterocycles. The minimum atomic E-state index is -0.0367. The van der Waals surface area contributed by atoms with E-state index in [9.17, 15) is 9.59 Å². The zero-order valence-electron chi connectivity index (χ0n) is 15.7. The van der Waals surface area contributed by atoms with Gasteiger partial charge in [0.1, 0.15) is 0 Å². The Kier molecular flexibility index (Phi) is 4.94. The first-order chi connectivity index (χ1) is 13.2. The monoisotopic (exact) mass is 363 g/mol. The predicted octanol–water partition coefficient (Wildman–Crippen LogP) is 2.67. The van der Waals surface area contributed by atoms with Crippen LogP contribution in [0.2, 0.25) is 0 Å². The van der Waals surface area contributed by atoms with Crippen molar-refractivity contribution in [1.82, 2.24) is 9.80 Å². The Morgan fingerprint density at radius 1 is 0.852 bits per heavy atom. The minimum Gasteiger partial charge on any atom is -0.336 e. The molecule has 0 atom stereocenters. The van der Waals surface area contributed by atoms with Crippen LogP contribution in [-0.2, 0) is 6.42 Å². The van der Waals surface area contributed by atoms with Gasteiger partial charge in [-0.05, 0) is 42.8 Å². The Morgan fingerprint density at radius 3 is 2.30 bits per heavy atom. The summed E-state index contributed by atoms with van der Waals surface area (Å²) in [6, 6.07) is 15.2. The van der Waals surface area contributed by atoms with E-state index in [1.54, 1.807) is 12.1 Å². The lowest BCUT2D eigenvalue weighted by molar-refractivity contribution is 0.0643. The fourth-order valence-electron chi connectivity index (χ4n) is 3.94. The molecule has 0 aromatic heterocycles. The van der Waals surface area contributed by atoms with Crippen molar-refractivity contribution in [1.29, 1.82) is 0 Å². The van der Waals surface area contributed by atoms with Crippen LogP contribution in [0.4, 0.5) is 5.69 Å².